The van der Waals surface area contributed by atoms with Gasteiger partial charge < -0.3 is 9.47 Å². The summed E-state index contributed by atoms with van der Waals surface area (Å²) in [4.78, 5) is 2.39. The van der Waals surface area contributed by atoms with Crippen molar-refractivity contribution in [3.63, 3.8) is 0 Å². The summed E-state index contributed by atoms with van der Waals surface area (Å²) in [7, 11) is 0. The van der Waals surface area contributed by atoms with E-state index in [4.69, 9.17) is 0 Å². The van der Waals surface area contributed by atoms with Gasteiger partial charge in [-0.15, -0.1) is 0 Å². The molecule has 12 aromatic rings. The Morgan fingerprint density at radius 3 is 1.75 bits per heavy atom. The smallest absolute Gasteiger partial charge is 0.0553 e. The highest BCUT2D eigenvalue weighted by molar-refractivity contribution is 6.33. The Morgan fingerprint density at radius 1 is 0.349 bits per heavy atom. The van der Waals surface area contributed by atoms with Gasteiger partial charge in [-0.25, -0.2) is 0 Å². The molecule has 1 heterocycles. The summed E-state index contributed by atoms with van der Waals surface area (Å²) in [5.41, 5.74) is 17.1. The van der Waals surface area contributed by atoms with Crippen molar-refractivity contribution in [3.8, 4) is 39.1 Å². The Bertz CT molecular complexity index is 3710. The minimum Gasteiger partial charge on any atom is -0.310 e. The average molecular weight is 803 g/mol. The van der Waals surface area contributed by atoms with E-state index in [1.165, 1.54) is 98.6 Å². The molecule has 0 amide bonds. The normalized spacial score (nSPS) is 13.0. The molecule has 0 saturated heterocycles. The van der Waals surface area contributed by atoms with E-state index >= 15 is 0 Å². The molecular weight excluding hydrogens is 761 g/mol. The van der Waals surface area contributed by atoms with E-state index < -0.39 is 0 Å². The van der Waals surface area contributed by atoms with Crippen LogP contribution in [0.25, 0.3) is 93.2 Å². The second-order valence-electron chi connectivity index (χ2n) is 17.7. The molecule has 2 heteroatoms. The van der Waals surface area contributed by atoms with Crippen LogP contribution >= 0.6 is 0 Å². The van der Waals surface area contributed by atoms with Crippen molar-refractivity contribution in [1.82, 2.24) is 4.57 Å². The van der Waals surface area contributed by atoms with Gasteiger partial charge in [0.05, 0.1) is 11.0 Å². The topological polar surface area (TPSA) is 8.17 Å². The first-order chi connectivity index (χ1) is 31.0. The molecule has 0 aliphatic heterocycles. The highest BCUT2D eigenvalue weighted by Crippen LogP contribution is 2.51. The summed E-state index contributed by atoms with van der Waals surface area (Å²) < 4.78 is 2.47. The molecule has 0 saturated carbocycles. The van der Waals surface area contributed by atoms with Crippen LogP contribution in [-0.2, 0) is 5.41 Å². The summed E-state index contributed by atoms with van der Waals surface area (Å²) in [5.74, 6) is 0. The number of hydrogen-bond acceptors (Lipinski definition) is 1. The molecule has 0 atom stereocenters. The Hall–Kier alpha value is -7.94. The zero-order chi connectivity index (χ0) is 41.8. The van der Waals surface area contributed by atoms with Crippen molar-refractivity contribution in [1.29, 1.82) is 0 Å². The molecule has 0 radical (unpaired) electrons. The molecule has 1 aliphatic carbocycles. The number of fused-ring (bicyclic) bond motifs is 7. The van der Waals surface area contributed by atoms with E-state index in [1.807, 2.05) is 0 Å². The van der Waals surface area contributed by atoms with Crippen LogP contribution < -0.4 is 4.90 Å². The van der Waals surface area contributed by atoms with Gasteiger partial charge in [-0.05, 0) is 144 Å². The fourth-order valence-corrected chi connectivity index (χ4v) is 10.9. The molecule has 11 aromatic carbocycles. The molecule has 0 N–H and O–H groups in total. The fraction of sp³-hybridized carbons (Fsp3) is 0.0492. The van der Waals surface area contributed by atoms with Crippen LogP contribution in [-0.4, -0.2) is 4.57 Å². The van der Waals surface area contributed by atoms with Gasteiger partial charge in [-0.1, -0.05) is 166 Å². The fourth-order valence-electron chi connectivity index (χ4n) is 10.9. The van der Waals surface area contributed by atoms with Crippen LogP contribution in [0, 0.1) is 0 Å². The van der Waals surface area contributed by atoms with Gasteiger partial charge in [0.1, 0.15) is 0 Å². The third kappa shape index (κ3) is 5.38. The lowest BCUT2D eigenvalue weighted by molar-refractivity contribution is 0.660. The van der Waals surface area contributed by atoms with Crippen molar-refractivity contribution in [3.05, 3.63) is 230 Å². The summed E-state index contributed by atoms with van der Waals surface area (Å²) in [6.45, 7) is 4.71. The molecular formula is C61H42N2. The molecule has 296 valence electrons. The molecule has 13 rings (SSSR count). The van der Waals surface area contributed by atoms with E-state index in [1.54, 1.807) is 0 Å². The maximum Gasteiger partial charge on any atom is 0.0553 e. The second kappa shape index (κ2) is 13.5. The molecule has 0 spiro atoms. The van der Waals surface area contributed by atoms with Gasteiger partial charge in [0, 0.05) is 38.9 Å². The quantitative estimate of drug-likeness (QED) is 0.152. The molecule has 0 fully saturated rings. The Balaban J connectivity index is 0.965. The van der Waals surface area contributed by atoms with Crippen molar-refractivity contribution < 1.29 is 0 Å². The predicted molar refractivity (Wildman–Crippen MR) is 268 cm³/mol. The second-order valence-corrected chi connectivity index (χ2v) is 17.7. The number of hydrogen-bond donors (Lipinski definition) is 0. The summed E-state index contributed by atoms with van der Waals surface area (Å²) in [6, 6.07) is 80.9. The van der Waals surface area contributed by atoms with E-state index in [-0.39, 0.29) is 5.41 Å². The van der Waals surface area contributed by atoms with Gasteiger partial charge in [0.2, 0.25) is 0 Å². The minimum absolute atomic E-state index is 0.0858. The third-order valence-corrected chi connectivity index (χ3v) is 13.9. The first-order valence-corrected chi connectivity index (χ1v) is 22.0. The maximum absolute atomic E-state index is 2.47. The Morgan fingerprint density at radius 2 is 0.952 bits per heavy atom. The Labute approximate surface area is 366 Å². The van der Waals surface area contributed by atoms with Crippen LogP contribution in [0.5, 0.6) is 0 Å². The lowest BCUT2D eigenvalue weighted by Gasteiger charge is -2.28. The van der Waals surface area contributed by atoms with Gasteiger partial charge in [-0.2, -0.15) is 0 Å². The number of benzene rings is 11. The number of nitrogens with zero attached hydrogens (tertiary/aromatic N) is 2. The summed E-state index contributed by atoms with van der Waals surface area (Å²) in [6.07, 6.45) is 0. The van der Waals surface area contributed by atoms with E-state index in [0.717, 1.165) is 22.7 Å². The zero-order valence-corrected chi connectivity index (χ0v) is 35.2. The number of para-hydroxylation sites is 1. The standard InChI is InChI=1S/C61H42N2/c1-61(2)54-19-10-9-18-50(54)51-34-32-49(38-55(51)61)62(46-16-7-4-8-17-46)47-28-24-41(25-29-47)44-27-35-56-53(36-44)60-52-33-26-43-15-11-14-42-20-21-45(59(52)58(42)43)37-57(60)63(56)48-30-22-40(23-31-48)39-12-5-3-6-13-39/h3-38H,1-2H3. The lowest BCUT2D eigenvalue weighted by atomic mass is 9.82. The molecule has 0 unspecified atom stereocenters. The van der Waals surface area contributed by atoms with Gasteiger partial charge >= 0.3 is 0 Å². The largest absolute Gasteiger partial charge is 0.310 e. The van der Waals surface area contributed by atoms with E-state index in [0.29, 0.717) is 0 Å². The highest BCUT2D eigenvalue weighted by Gasteiger charge is 2.35. The van der Waals surface area contributed by atoms with Crippen molar-refractivity contribution in [2.45, 2.75) is 19.3 Å². The van der Waals surface area contributed by atoms with E-state index in [2.05, 4.69) is 242 Å². The monoisotopic (exact) mass is 802 g/mol. The van der Waals surface area contributed by atoms with Crippen molar-refractivity contribution in [2.75, 3.05) is 4.90 Å². The Kier molecular flexibility index (Phi) is 7.68. The number of aromatic nitrogens is 1. The lowest BCUT2D eigenvalue weighted by Crippen LogP contribution is -2.16. The maximum atomic E-state index is 2.47. The minimum atomic E-state index is -0.0858. The number of rotatable bonds is 6. The SMILES string of the molecule is CC1(C)c2ccccc2-c2ccc(N(c3ccccc3)c3ccc(-c4ccc5c(c4)c4c6ccc7cccc8ccc(cc4n5-c4ccc(-c5ccccc5)cc4)c6c87)cc3)cc21. The first-order valence-electron chi connectivity index (χ1n) is 22.0. The molecule has 0 bridgehead atoms. The molecule has 63 heavy (non-hydrogen) atoms. The summed E-state index contributed by atoms with van der Waals surface area (Å²) in [5, 5.41) is 10.3. The van der Waals surface area contributed by atoms with Gasteiger partial charge in [0.25, 0.3) is 0 Å². The highest BCUT2D eigenvalue weighted by atomic mass is 15.1. The molecule has 1 aromatic heterocycles. The summed E-state index contributed by atoms with van der Waals surface area (Å²) >= 11 is 0. The first kappa shape index (κ1) is 35.8. The van der Waals surface area contributed by atoms with Crippen molar-refractivity contribution >= 4 is 71.2 Å². The van der Waals surface area contributed by atoms with Crippen LogP contribution in [0.3, 0.4) is 0 Å². The predicted octanol–water partition coefficient (Wildman–Crippen LogP) is 16.8. The number of anilines is 3. The molecule has 1 aliphatic rings. The van der Waals surface area contributed by atoms with Crippen LogP contribution in [0.2, 0.25) is 0 Å². The average Bonchev–Trinajstić information content (AvgIpc) is 3.79. The van der Waals surface area contributed by atoms with Crippen molar-refractivity contribution in [2.24, 2.45) is 0 Å². The third-order valence-electron chi connectivity index (χ3n) is 13.9. The molecule has 2 nitrogen and oxygen atoms in total. The van der Waals surface area contributed by atoms with E-state index in [9.17, 15) is 0 Å². The van der Waals surface area contributed by atoms with Crippen LogP contribution in [0.4, 0.5) is 17.1 Å². The van der Waals surface area contributed by atoms with Gasteiger partial charge in [0.15, 0.2) is 0 Å². The van der Waals surface area contributed by atoms with Crippen LogP contribution in [0.15, 0.2) is 218 Å². The van der Waals surface area contributed by atoms with Gasteiger partial charge in [-0.3, -0.25) is 0 Å². The van der Waals surface area contributed by atoms with Crippen LogP contribution in [0.1, 0.15) is 25.0 Å². The zero-order valence-electron chi connectivity index (χ0n) is 35.2.